The van der Waals surface area contributed by atoms with Crippen molar-refractivity contribution >= 4 is 11.9 Å². The van der Waals surface area contributed by atoms with Crippen molar-refractivity contribution in [2.75, 3.05) is 19.7 Å². The van der Waals surface area contributed by atoms with Crippen LogP contribution in [0.1, 0.15) is 35.7 Å². The highest BCUT2D eigenvalue weighted by Gasteiger charge is 2.29. The number of benzene rings is 1. The van der Waals surface area contributed by atoms with E-state index >= 15 is 0 Å². The quantitative estimate of drug-likeness (QED) is 0.789. The average Bonchev–Trinajstić information content (AvgIpc) is 2.73. The largest absolute Gasteiger partial charge is 0.490 e. The van der Waals surface area contributed by atoms with Crippen LogP contribution in [-0.4, -0.2) is 46.6 Å². The van der Waals surface area contributed by atoms with Crippen molar-refractivity contribution in [2.45, 2.75) is 26.4 Å². The molecule has 1 aliphatic rings. The van der Waals surface area contributed by atoms with Gasteiger partial charge in [-0.1, -0.05) is 6.07 Å². The number of likely N-dealkylation sites (tertiary alicyclic amines) is 1. The van der Waals surface area contributed by atoms with Gasteiger partial charge in [0.1, 0.15) is 6.61 Å². The predicted molar refractivity (Wildman–Crippen MR) is 102 cm³/mol. The number of aliphatic carboxylic acids is 1. The van der Waals surface area contributed by atoms with Crippen LogP contribution in [-0.2, 0) is 11.4 Å². The van der Waals surface area contributed by atoms with Crippen molar-refractivity contribution in [3.8, 4) is 11.5 Å². The lowest BCUT2D eigenvalue weighted by Gasteiger charge is -2.30. The molecule has 2 aromatic rings. The summed E-state index contributed by atoms with van der Waals surface area (Å²) in [6, 6.07) is 8.82. The van der Waals surface area contributed by atoms with Crippen molar-refractivity contribution in [3.05, 3.63) is 53.9 Å². The minimum Gasteiger partial charge on any atom is -0.490 e. The minimum atomic E-state index is -0.855. The van der Waals surface area contributed by atoms with Gasteiger partial charge in [0.15, 0.2) is 11.5 Å². The van der Waals surface area contributed by atoms with E-state index in [0.717, 1.165) is 5.56 Å². The monoisotopic (exact) mass is 384 g/mol. The van der Waals surface area contributed by atoms with Gasteiger partial charge in [0.05, 0.1) is 12.5 Å². The van der Waals surface area contributed by atoms with E-state index in [9.17, 15) is 14.7 Å². The van der Waals surface area contributed by atoms with Crippen LogP contribution in [0.3, 0.4) is 0 Å². The number of carboxylic acids is 1. The van der Waals surface area contributed by atoms with Crippen molar-refractivity contribution in [2.24, 2.45) is 5.92 Å². The molecule has 1 saturated heterocycles. The Balaban J connectivity index is 1.74. The highest BCUT2D eigenvalue weighted by Crippen LogP contribution is 2.30. The number of nitrogens with zero attached hydrogens (tertiary/aromatic N) is 2. The molecule has 1 fully saturated rings. The van der Waals surface area contributed by atoms with Crippen LogP contribution in [0.2, 0.25) is 0 Å². The molecule has 0 radical (unpaired) electrons. The zero-order valence-corrected chi connectivity index (χ0v) is 15.8. The second kappa shape index (κ2) is 9.21. The van der Waals surface area contributed by atoms with Crippen LogP contribution in [0.25, 0.3) is 0 Å². The molecule has 0 aliphatic carbocycles. The molecular formula is C21H24N2O5. The van der Waals surface area contributed by atoms with E-state index in [1.807, 2.05) is 19.1 Å². The van der Waals surface area contributed by atoms with E-state index in [-0.39, 0.29) is 12.5 Å². The maximum atomic E-state index is 12.8. The highest BCUT2D eigenvalue weighted by molar-refractivity contribution is 5.95. The number of ether oxygens (including phenoxy) is 2. The number of hydrogen-bond acceptors (Lipinski definition) is 5. The average molecular weight is 384 g/mol. The fraction of sp³-hybridized carbons (Fsp3) is 0.381. The Morgan fingerprint density at radius 2 is 2.11 bits per heavy atom. The molecule has 148 valence electrons. The first-order valence-electron chi connectivity index (χ1n) is 9.39. The van der Waals surface area contributed by atoms with E-state index < -0.39 is 11.9 Å². The Hall–Kier alpha value is -3.09. The number of carboxylic acid groups (broad SMARTS) is 1. The van der Waals surface area contributed by atoms with Gasteiger partial charge in [-0.05, 0) is 44.0 Å². The van der Waals surface area contributed by atoms with E-state index in [0.29, 0.717) is 49.7 Å². The van der Waals surface area contributed by atoms with Gasteiger partial charge in [0, 0.05) is 36.6 Å². The van der Waals surface area contributed by atoms with Crippen LogP contribution < -0.4 is 9.47 Å². The number of amides is 1. The summed E-state index contributed by atoms with van der Waals surface area (Å²) >= 11 is 0. The summed E-state index contributed by atoms with van der Waals surface area (Å²) in [4.78, 5) is 29.8. The Morgan fingerprint density at radius 1 is 1.25 bits per heavy atom. The zero-order valence-electron chi connectivity index (χ0n) is 15.8. The number of pyridine rings is 1. The molecule has 7 nitrogen and oxygen atoms in total. The lowest BCUT2D eigenvalue weighted by Crippen LogP contribution is -2.42. The first-order valence-corrected chi connectivity index (χ1v) is 9.39. The molecule has 3 rings (SSSR count). The first kappa shape index (κ1) is 19.7. The SMILES string of the molecule is CCOc1cc(C(=O)N2CCC[C@H](C(=O)O)C2)ccc1OCc1cccnc1. The second-order valence-corrected chi connectivity index (χ2v) is 6.67. The predicted octanol–water partition coefficient (Wildman–Crippen LogP) is 3.00. The Bertz CT molecular complexity index is 825. The van der Waals surface area contributed by atoms with Gasteiger partial charge in [-0.25, -0.2) is 0 Å². The number of rotatable bonds is 7. The van der Waals surface area contributed by atoms with Gasteiger partial charge in [0.25, 0.3) is 5.91 Å². The van der Waals surface area contributed by atoms with Gasteiger partial charge >= 0.3 is 5.97 Å². The molecule has 1 aromatic heterocycles. The topological polar surface area (TPSA) is 89.0 Å². The van der Waals surface area contributed by atoms with E-state index in [1.165, 1.54) is 0 Å². The molecule has 0 bridgehead atoms. The summed E-state index contributed by atoms with van der Waals surface area (Å²) in [6.45, 7) is 3.43. The van der Waals surface area contributed by atoms with Crippen LogP contribution in [0.15, 0.2) is 42.7 Å². The van der Waals surface area contributed by atoms with Crippen LogP contribution in [0, 0.1) is 5.92 Å². The van der Waals surface area contributed by atoms with E-state index in [1.54, 1.807) is 35.5 Å². The molecule has 7 heteroatoms. The Labute approximate surface area is 163 Å². The minimum absolute atomic E-state index is 0.189. The van der Waals surface area contributed by atoms with Crippen LogP contribution in [0.4, 0.5) is 0 Å². The van der Waals surface area contributed by atoms with E-state index in [2.05, 4.69) is 4.98 Å². The Morgan fingerprint density at radius 3 is 2.82 bits per heavy atom. The molecule has 1 N–H and O–H groups in total. The molecule has 1 aromatic carbocycles. The van der Waals surface area contributed by atoms with Gasteiger partial charge in [0.2, 0.25) is 0 Å². The first-order chi connectivity index (χ1) is 13.6. The number of carbonyl (C=O) groups is 2. The second-order valence-electron chi connectivity index (χ2n) is 6.67. The Kier molecular flexibility index (Phi) is 6.47. The zero-order chi connectivity index (χ0) is 19.9. The maximum Gasteiger partial charge on any atom is 0.308 e. The number of carbonyl (C=O) groups excluding carboxylic acids is 1. The molecule has 1 aliphatic heterocycles. The summed E-state index contributed by atoms with van der Waals surface area (Å²) in [5.41, 5.74) is 1.39. The highest BCUT2D eigenvalue weighted by atomic mass is 16.5. The molecular weight excluding hydrogens is 360 g/mol. The molecule has 0 saturated carbocycles. The number of aromatic nitrogens is 1. The van der Waals surface area contributed by atoms with E-state index in [4.69, 9.17) is 9.47 Å². The van der Waals surface area contributed by atoms with Crippen molar-refractivity contribution in [1.29, 1.82) is 0 Å². The summed E-state index contributed by atoms with van der Waals surface area (Å²) in [6.07, 6.45) is 4.72. The maximum absolute atomic E-state index is 12.8. The molecule has 28 heavy (non-hydrogen) atoms. The van der Waals surface area contributed by atoms with Crippen molar-refractivity contribution < 1.29 is 24.2 Å². The third-order valence-electron chi connectivity index (χ3n) is 4.67. The summed E-state index contributed by atoms with van der Waals surface area (Å²) in [5, 5.41) is 9.23. The summed E-state index contributed by atoms with van der Waals surface area (Å²) in [5.74, 6) is -0.517. The molecule has 1 amide bonds. The molecule has 0 spiro atoms. The summed E-state index contributed by atoms with van der Waals surface area (Å²) < 4.78 is 11.5. The van der Waals surface area contributed by atoms with Gasteiger partial charge in [-0.3, -0.25) is 14.6 Å². The summed E-state index contributed by atoms with van der Waals surface area (Å²) in [7, 11) is 0. The smallest absolute Gasteiger partial charge is 0.308 e. The number of piperidine rings is 1. The fourth-order valence-corrected chi connectivity index (χ4v) is 3.22. The lowest BCUT2D eigenvalue weighted by atomic mass is 9.97. The van der Waals surface area contributed by atoms with Gasteiger partial charge in [-0.15, -0.1) is 0 Å². The number of hydrogen-bond donors (Lipinski definition) is 1. The normalized spacial score (nSPS) is 16.5. The van der Waals surface area contributed by atoms with Gasteiger partial charge in [-0.2, -0.15) is 0 Å². The third-order valence-corrected chi connectivity index (χ3v) is 4.67. The van der Waals surface area contributed by atoms with Crippen molar-refractivity contribution in [1.82, 2.24) is 9.88 Å². The molecule has 2 heterocycles. The third kappa shape index (κ3) is 4.79. The van der Waals surface area contributed by atoms with Crippen molar-refractivity contribution in [3.63, 3.8) is 0 Å². The molecule has 0 unspecified atom stereocenters. The van der Waals surface area contributed by atoms with Crippen LogP contribution >= 0.6 is 0 Å². The lowest BCUT2D eigenvalue weighted by molar-refractivity contribution is -0.143. The standard InChI is InChI=1S/C21H24N2O5/c1-2-27-19-11-16(20(24)23-10-4-6-17(13-23)21(25)26)7-8-18(19)28-14-15-5-3-9-22-12-15/h3,5,7-9,11-12,17H,2,4,6,10,13-14H2,1H3,(H,25,26)/t17-/m0/s1. The molecule has 1 atom stereocenters. The fourth-order valence-electron chi connectivity index (χ4n) is 3.22. The van der Waals surface area contributed by atoms with Gasteiger partial charge < -0.3 is 19.5 Å². The van der Waals surface area contributed by atoms with Crippen LogP contribution in [0.5, 0.6) is 11.5 Å².